The molecule has 0 aliphatic rings. The molecular weight excluding hydrogens is 672 g/mol. The maximum absolute atomic E-state index is 10.3. The molecule has 0 amide bonds. The van der Waals surface area contributed by atoms with Gasteiger partial charge in [-0.2, -0.15) is 0 Å². The quantitative estimate of drug-likeness (QED) is 0.0904. The molecule has 0 fully saturated rings. The lowest BCUT2D eigenvalue weighted by molar-refractivity contribution is -0.142. The molecule has 0 aromatic carbocycles. The maximum atomic E-state index is 10.3. The SMILES string of the molecule is CCCCCCCCCCOCCOCCOCCOCCOCCOCCOCCOCCOCCOCCOCCOCCOCC(=O)O. The van der Waals surface area contributed by atoms with E-state index >= 15 is 0 Å². The zero-order chi connectivity index (χ0) is 36.8. The Hall–Kier alpha value is -1.05. The van der Waals surface area contributed by atoms with Gasteiger partial charge in [-0.25, -0.2) is 4.79 Å². The van der Waals surface area contributed by atoms with Crippen LogP contribution in [0, 0.1) is 0 Å². The number of carboxylic acid groups (broad SMARTS) is 1. The minimum Gasteiger partial charge on any atom is -0.480 e. The van der Waals surface area contributed by atoms with Crippen LogP contribution in [0.1, 0.15) is 58.3 Å². The number of carbonyl (C=O) groups is 1. The van der Waals surface area contributed by atoms with Crippen LogP contribution in [0.5, 0.6) is 0 Å². The van der Waals surface area contributed by atoms with E-state index in [1.807, 2.05) is 0 Å². The first-order chi connectivity index (χ1) is 25.3. The largest absolute Gasteiger partial charge is 0.480 e. The van der Waals surface area contributed by atoms with Crippen molar-refractivity contribution in [2.24, 2.45) is 0 Å². The topological polar surface area (TPSA) is 157 Å². The predicted octanol–water partition coefficient (Wildman–Crippen LogP) is 3.43. The fourth-order valence-corrected chi connectivity index (χ4v) is 4.14. The predicted molar refractivity (Wildman–Crippen MR) is 191 cm³/mol. The van der Waals surface area contributed by atoms with E-state index in [0.717, 1.165) is 13.0 Å². The van der Waals surface area contributed by atoms with Gasteiger partial charge >= 0.3 is 5.97 Å². The van der Waals surface area contributed by atoms with Crippen molar-refractivity contribution in [3.63, 3.8) is 0 Å². The van der Waals surface area contributed by atoms with Crippen LogP contribution >= 0.6 is 0 Å². The van der Waals surface area contributed by atoms with Crippen molar-refractivity contribution in [1.82, 2.24) is 0 Å². The molecule has 15 nitrogen and oxygen atoms in total. The van der Waals surface area contributed by atoms with Gasteiger partial charge in [0.2, 0.25) is 0 Å². The van der Waals surface area contributed by atoms with E-state index in [2.05, 4.69) is 6.92 Å². The van der Waals surface area contributed by atoms with E-state index in [1.54, 1.807) is 0 Å². The third kappa shape index (κ3) is 49.0. The van der Waals surface area contributed by atoms with E-state index < -0.39 is 5.97 Å². The van der Waals surface area contributed by atoms with Crippen molar-refractivity contribution in [1.29, 1.82) is 0 Å². The number of hydrogen-bond donors (Lipinski definition) is 1. The molecule has 0 radical (unpaired) electrons. The Morgan fingerprint density at radius 2 is 0.490 bits per heavy atom. The number of rotatable bonds is 47. The summed E-state index contributed by atoms with van der Waals surface area (Å²) in [6.07, 6.45) is 10.5. The van der Waals surface area contributed by atoms with E-state index in [9.17, 15) is 4.79 Å². The summed E-state index contributed by atoms with van der Waals surface area (Å²) in [5.74, 6) is -0.995. The van der Waals surface area contributed by atoms with Crippen molar-refractivity contribution in [3.8, 4) is 0 Å². The van der Waals surface area contributed by atoms with Crippen molar-refractivity contribution in [2.75, 3.05) is 172 Å². The highest BCUT2D eigenvalue weighted by molar-refractivity contribution is 5.67. The summed E-state index contributed by atoms with van der Waals surface area (Å²) in [4.78, 5) is 10.3. The first-order valence-corrected chi connectivity index (χ1v) is 19.0. The molecule has 0 aliphatic heterocycles. The van der Waals surface area contributed by atoms with Crippen LogP contribution in [-0.2, 0) is 66.4 Å². The summed E-state index contributed by atoms with van der Waals surface area (Å²) in [7, 11) is 0. The van der Waals surface area contributed by atoms with Gasteiger partial charge in [0.05, 0.1) is 159 Å². The summed E-state index contributed by atoms with van der Waals surface area (Å²) in [5, 5.41) is 8.43. The average Bonchev–Trinajstić information content (AvgIpc) is 3.13. The van der Waals surface area contributed by atoms with Crippen LogP contribution in [0.3, 0.4) is 0 Å². The van der Waals surface area contributed by atoms with Gasteiger partial charge in [0.1, 0.15) is 6.61 Å². The lowest BCUT2D eigenvalue weighted by atomic mass is 10.1. The smallest absolute Gasteiger partial charge is 0.329 e. The Kier molecular flexibility index (Phi) is 46.0. The van der Waals surface area contributed by atoms with Crippen LogP contribution in [0.2, 0.25) is 0 Å². The first-order valence-electron chi connectivity index (χ1n) is 19.0. The number of hydrogen-bond acceptors (Lipinski definition) is 14. The fourth-order valence-electron chi connectivity index (χ4n) is 4.14. The second-order valence-corrected chi connectivity index (χ2v) is 11.3. The van der Waals surface area contributed by atoms with Crippen LogP contribution in [0.4, 0.5) is 0 Å². The van der Waals surface area contributed by atoms with E-state index in [0.29, 0.717) is 152 Å². The Morgan fingerprint density at radius 1 is 0.294 bits per heavy atom. The molecule has 0 atom stereocenters. The van der Waals surface area contributed by atoms with Gasteiger partial charge in [0, 0.05) is 6.61 Å². The summed E-state index contributed by atoms with van der Waals surface area (Å²) in [6, 6.07) is 0. The zero-order valence-electron chi connectivity index (χ0n) is 31.7. The van der Waals surface area contributed by atoms with Crippen LogP contribution < -0.4 is 0 Å². The molecule has 0 bridgehead atoms. The molecule has 0 unspecified atom stereocenters. The van der Waals surface area contributed by atoms with Crippen LogP contribution in [0.25, 0.3) is 0 Å². The van der Waals surface area contributed by atoms with Gasteiger partial charge in [0.25, 0.3) is 0 Å². The Bertz CT molecular complexity index is 648. The molecule has 1 N–H and O–H groups in total. The van der Waals surface area contributed by atoms with Gasteiger partial charge in [-0.15, -0.1) is 0 Å². The lowest BCUT2D eigenvalue weighted by Gasteiger charge is -2.09. The second kappa shape index (κ2) is 47.0. The van der Waals surface area contributed by atoms with Gasteiger partial charge in [-0.1, -0.05) is 51.9 Å². The van der Waals surface area contributed by atoms with Crippen LogP contribution in [-0.4, -0.2) is 183 Å². The van der Waals surface area contributed by atoms with Crippen LogP contribution in [0.15, 0.2) is 0 Å². The molecule has 15 heteroatoms. The van der Waals surface area contributed by atoms with Crippen molar-refractivity contribution in [2.45, 2.75) is 58.3 Å². The number of ether oxygens (including phenoxy) is 13. The number of aliphatic carboxylic acids is 1. The molecular formula is C36H72O15. The highest BCUT2D eigenvalue weighted by Crippen LogP contribution is 2.08. The summed E-state index contributed by atoms with van der Waals surface area (Å²) >= 11 is 0. The molecule has 0 spiro atoms. The molecule has 51 heavy (non-hydrogen) atoms. The molecule has 0 aromatic heterocycles. The molecule has 0 aliphatic carbocycles. The monoisotopic (exact) mass is 744 g/mol. The number of unbranched alkanes of at least 4 members (excludes halogenated alkanes) is 7. The molecule has 0 heterocycles. The second-order valence-electron chi connectivity index (χ2n) is 11.3. The van der Waals surface area contributed by atoms with Crippen molar-refractivity contribution in [3.05, 3.63) is 0 Å². The van der Waals surface area contributed by atoms with Crippen molar-refractivity contribution < 1.29 is 71.5 Å². The first kappa shape index (κ1) is 49.9. The molecule has 0 rings (SSSR count). The van der Waals surface area contributed by atoms with E-state index in [-0.39, 0.29) is 13.2 Å². The normalized spacial score (nSPS) is 11.5. The van der Waals surface area contributed by atoms with Gasteiger partial charge < -0.3 is 66.7 Å². The van der Waals surface area contributed by atoms with E-state index in [1.165, 1.54) is 44.9 Å². The Balaban J connectivity index is 3.05. The fraction of sp³-hybridized carbons (Fsp3) is 0.972. The molecule has 0 saturated heterocycles. The van der Waals surface area contributed by atoms with Gasteiger partial charge in [-0.05, 0) is 6.42 Å². The summed E-state index contributed by atoms with van der Waals surface area (Å²) < 4.78 is 70.5. The minimum atomic E-state index is -0.995. The number of carboxylic acids is 1. The average molecular weight is 745 g/mol. The highest BCUT2D eigenvalue weighted by atomic mass is 16.6. The minimum absolute atomic E-state index is 0.242. The van der Waals surface area contributed by atoms with Gasteiger partial charge in [0.15, 0.2) is 0 Å². The summed E-state index contributed by atoms with van der Waals surface area (Å²) in [6.45, 7) is 14.5. The molecule has 0 saturated carbocycles. The summed E-state index contributed by atoms with van der Waals surface area (Å²) in [5.41, 5.74) is 0. The Labute approximate surface area is 307 Å². The molecule has 0 aromatic rings. The lowest BCUT2D eigenvalue weighted by Crippen LogP contribution is -2.15. The highest BCUT2D eigenvalue weighted by Gasteiger charge is 1.98. The zero-order valence-corrected chi connectivity index (χ0v) is 31.7. The Morgan fingerprint density at radius 3 is 0.725 bits per heavy atom. The third-order valence-corrected chi connectivity index (χ3v) is 6.83. The maximum Gasteiger partial charge on any atom is 0.329 e. The molecule has 306 valence electrons. The van der Waals surface area contributed by atoms with Gasteiger partial charge in [-0.3, -0.25) is 0 Å². The van der Waals surface area contributed by atoms with Crippen molar-refractivity contribution >= 4 is 5.97 Å². The standard InChI is InChI=1S/C36H72O15/c1-2-3-4-5-6-7-8-9-10-39-11-12-40-13-14-41-15-16-42-17-18-43-19-20-44-21-22-45-23-24-46-25-26-47-27-28-48-29-30-49-31-32-50-33-34-51-35-36(37)38/h2-35H2,1H3,(H,37,38). The third-order valence-electron chi connectivity index (χ3n) is 6.83. The van der Waals surface area contributed by atoms with E-state index in [4.69, 9.17) is 66.7 Å².